The molecule has 0 saturated carbocycles. The van der Waals surface area contributed by atoms with Crippen LogP contribution in [0.15, 0.2) is 58.7 Å². The molecule has 4 nitrogen and oxygen atoms in total. The molecule has 0 amide bonds. The van der Waals surface area contributed by atoms with Gasteiger partial charge in [0.05, 0.1) is 16.8 Å². The molecule has 0 aliphatic heterocycles. The summed E-state index contributed by atoms with van der Waals surface area (Å²) >= 11 is 1.66. The van der Waals surface area contributed by atoms with Crippen molar-refractivity contribution in [2.75, 3.05) is 0 Å². The van der Waals surface area contributed by atoms with Crippen LogP contribution in [0.2, 0.25) is 0 Å². The first kappa shape index (κ1) is 11.3. The van der Waals surface area contributed by atoms with Gasteiger partial charge in [0, 0.05) is 6.20 Å². The van der Waals surface area contributed by atoms with Crippen LogP contribution in [0.1, 0.15) is 0 Å². The molecule has 0 atom stereocenters. The molecule has 4 aromatic heterocycles. The SMILES string of the molecule is c1c[nH]c(-c2nc(-c3cccs3)[nH]c2-c2ccco2)c1. The van der Waals surface area contributed by atoms with E-state index in [1.54, 1.807) is 17.6 Å². The number of H-pyrrole nitrogens is 2. The van der Waals surface area contributed by atoms with Gasteiger partial charge in [0.15, 0.2) is 5.76 Å². The van der Waals surface area contributed by atoms with E-state index in [0.29, 0.717) is 0 Å². The summed E-state index contributed by atoms with van der Waals surface area (Å²) in [5.41, 5.74) is 2.73. The third kappa shape index (κ3) is 1.80. The van der Waals surface area contributed by atoms with Crippen LogP contribution >= 0.6 is 11.3 Å². The number of thiophene rings is 1. The predicted octanol–water partition coefficient (Wildman–Crippen LogP) is 4.39. The summed E-state index contributed by atoms with van der Waals surface area (Å²) in [5.74, 6) is 1.64. The topological polar surface area (TPSA) is 57.6 Å². The van der Waals surface area contributed by atoms with Gasteiger partial charge in [0.2, 0.25) is 0 Å². The fraction of sp³-hybridized carbons (Fsp3) is 0. The number of aromatic amines is 2. The van der Waals surface area contributed by atoms with Gasteiger partial charge in [-0.15, -0.1) is 11.3 Å². The molecular weight excluding hydrogens is 270 g/mol. The van der Waals surface area contributed by atoms with Crippen molar-refractivity contribution in [2.45, 2.75) is 0 Å². The Morgan fingerprint density at radius 1 is 1.10 bits per heavy atom. The van der Waals surface area contributed by atoms with Crippen LogP contribution in [0.3, 0.4) is 0 Å². The van der Waals surface area contributed by atoms with E-state index in [-0.39, 0.29) is 0 Å². The highest BCUT2D eigenvalue weighted by Crippen LogP contribution is 2.33. The summed E-state index contributed by atoms with van der Waals surface area (Å²) in [6.45, 7) is 0. The maximum Gasteiger partial charge on any atom is 0.152 e. The van der Waals surface area contributed by atoms with Crippen molar-refractivity contribution in [2.24, 2.45) is 0 Å². The minimum Gasteiger partial charge on any atom is -0.463 e. The highest BCUT2D eigenvalue weighted by atomic mass is 32.1. The van der Waals surface area contributed by atoms with Gasteiger partial charge < -0.3 is 14.4 Å². The van der Waals surface area contributed by atoms with Gasteiger partial charge in [0.25, 0.3) is 0 Å². The molecule has 0 bridgehead atoms. The Kier molecular flexibility index (Phi) is 2.57. The highest BCUT2D eigenvalue weighted by Gasteiger charge is 2.17. The molecule has 0 aromatic carbocycles. The van der Waals surface area contributed by atoms with Crippen molar-refractivity contribution in [3.63, 3.8) is 0 Å². The molecule has 0 aliphatic rings. The lowest BCUT2D eigenvalue weighted by Gasteiger charge is -1.96. The van der Waals surface area contributed by atoms with E-state index < -0.39 is 0 Å². The Labute approximate surface area is 119 Å². The third-order valence-electron chi connectivity index (χ3n) is 3.08. The van der Waals surface area contributed by atoms with Crippen LogP contribution in [-0.4, -0.2) is 15.0 Å². The van der Waals surface area contributed by atoms with Crippen molar-refractivity contribution in [3.8, 4) is 33.5 Å². The summed E-state index contributed by atoms with van der Waals surface area (Å²) in [4.78, 5) is 12.4. The molecule has 98 valence electrons. The van der Waals surface area contributed by atoms with Gasteiger partial charge in [-0.3, -0.25) is 0 Å². The second-order valence-electron chi connectivity index (χ2n) is 4.35. The average molecular weight is 281 g/mol. The van der Waals surface area contributed by atoms with E-state index in [2.05, 4.69) is 9.97 Å². The minimum absolute atomic E-state index is 0.782. The number of hydrogen-bond acceptors (Lipinski definition) is 3. The molecule has 4 heterocycles. The van der Waals surface area contributed by atoms with Crippen molar-refractivity contribution < 1.29 is 4.42 Å². The number of nitrogens with zero attached hydrogens (tertiary/aromatic N) is 1. The van der Waals surface area contributed by atoms with Crippen molar-refractivity contribution >= 4 is 11.3 Å². The molecule has 0 aliphatic carbocycles. The van der Waals surface area contributed by atoms with E-state index in [0.717, 1.165) is 33.5 Å². The number of nitrogens with one attached hydrogen (secondary N) is 2. The second kappa shape index (κ2) is 4.54. The first-order valence-corrected chi connectivity index (χ1v) is 7.11. The molecular formula is C15H11N3OS. The first-order valence-electron chi connectivity index (χ1n) is 6.23. The normalized spacial score (nSPS) is 11.0. The molecule has 0 radical (unpaired) electrons. The van der Waals surface area contributed by atoms with E-state index in [9.17, 15) is 0 Å². The van der Waals surface area contributed by atoms with Crippen molar-refractivity contribution in [1.82, 2.24) is 15.0 Å². The number of furan rings is 1. The van der Waals surface area contributed by atoms with E-state index in [4.69, 9.17) is 9.40 Å². The lowest BCUT2D eigenvalue weighted by molar-refractivity contribution is 0.580. The molecule has 0 unspecified atom stereocenters. The van der Waals surface area contributed by atoms with Gasteiger partial charge in [-0.05, 0) is 35.7 Å². The molecule has 4 rings (SSSR count). The van der Waals surface area contributed by atoms with E-state index in [1.165, 1.54) is 0 Å². The zero-order chi connectivity index (χ0) is 13.4. The third-order valence-corrected chi connectivity index (χ3v) is 3.96. The molecule has 2 N–H and O–H groups in total. The minimum atomic E-state index is 0.782. The van der Waals surface area contributed by atoms with Crippen LogP contribution < -0.4 is 0 Å². The molecule has 0 fully saturated rings. The molecule has 0 spiro atoms. The van der Waals surface area contributed by atoms with Crippen LogP contribution in [-0.2, 0) is 0 Å². The Balaban J connectivity index is 1.92. The van der Waals surface area contributed by atoms with Gasteiger partial charge in [0.1, 0.15) is 17.2 Å². The summed E-state index contributed by atoms with van der Waals surface area (Å²) in [5, 5.41) is 2.04. The van der Waals surface area contributed by atoms with Gasteiger partial charge in [-0.2, -0.15) is 0 Å². The highest BCUT2D eigenvalue weighted by molar-refractivity contribution is 7.13. The lowest BCUT2D eigenvalue weighted by Crippen LogP contribution is -1.81. The fourth-order valence-electron chi connectivity index (χ4n) is 2.17. The molecule has 0 saturated heterocycles. The summed E-state index contributed by atoms with van der Waals surface area (Å²) in [7, 11) is 0. The summed E-state index contributed by atoms with van der Waals surface area (Å²) < 4.78 is 5.51. The average Bonchev–Trinajstić information content (AvgIpc) is 3.22. The number of rotatable bonds is 3. The van der Waals surface area contributed by atoms with Gasteiger partial charge in [-0.25, -0.2) is 4.98 Å². The van der Waals surface area contributed by atoms with E-state index >= 15 is 0 Å². The predicted molar refractivity (Wildman–Crippen MR) is 79.4 cm³/mol. The Morgan fingerprint density at radius 2 is 2.10 bits per heavy atom. The van der Waals surface area contributed by atoms with Crippen LogP contribution in [0.4, 0.5) is 0 Å². The number of hydrogen-bond donors (Lipinski definition) is 2. The lowest BCUT2D eigenvalue weighted by atomic mass is 10.2. The quantitative estimate of drug-likeness (QED) is 0.585. The maximum absolute atomic E-state index is 5.51. The van der Waals surface area contributed by atoms with Crippen LogP contribution in [0.25, 0.3) is 33.5 Å². The maximum atomic E-state index is 5.51. The van der Waals surface area contributed by atoms with E-state index in [1.807, 2.05) is 48.0 Å². The van der Waals surface area contributed by atoms with Crippen LogP contribution in [0, 0.1) is 0 Å². The van der Waals surface area contributed by atoms with Crippen LogP contribution in [0.5, 0.6) is 0 Å². The molecule has 20 heavy (non-hydrogen) atoms. The van der Waals surface area contributed by atoms with Crippen molar-refractivity contribution in [1.29, 1.82) is 0 Å². The standard InChI is InChI=1S/C15H11N3OS/c1-4-10(16-7-1)13-14(11-5-2-8-19-11)18-15(17-13)12-6-3-9-20-12/h1-9,16H,(H,17,18). The Morgan fingerprint density at radius 3 is 2.80 bits per heavy atom. The molecule has 5 heteroatoms. The van der Waals surface area contributed by atoms with Gasteiger partial charge >= 0.3 is 0 Å². The van der Waals surface area contributed by atoms with Crippen molar-refractivity contribution in [3.05, 3.63) is 54.2 Å². The number of aromatic nitrogens is 3. The fourth-order valence-corrected chi connectivity index (χ4v) is 2.84. The zero-order valence-corrected chi connectivity index (χ0v) is 11.3. The summed E-state index contributed by atoms with van der Waals surface area (Å²) in [6.07, 6.45) is 3.56. The second-order valence-corrected chi connectivity index (χ2v) is 5.30. The largest absolute Gasteiger partial charge is 0.463 e. The van der Waals surface area contributed by atoms with Gasteiger partial charge in [-0.1, -0.05) is 6.07 Å². The summed E-state index contributed by atoms with van der Waals surface area (Å²) in [6, 6.07) is 11.8. The Bertz CT molecular complexity index is 744. The molecule has 4 aromatic rings. The smallest absolute Gasteiger partial charge is 0.152 e. The zero-order valence-electron chi connectivity index (χ0n) is 10.5. The monoisotopic (exact) mass is 281 g/mol. The first-order chi connectivity index (χ1) is 9.92. The number of imidazole rings is 1. The Hall–Kier alpha value is -2.53.